The Labute approximate surface area is 99.7 Å². The van der Waals surface area contributed by atoms with Gasteiger partial charge in [-0.25, -0.2) is 4.39 Å². The van der Waals surface area contributed by atoms with E-state index in [1.165, 1.54) is 17.4 Å². The Morgan fingerprint density at radius 2 is 2.18 bits per heavy atom. The first-order chi connectivity index (χ1) is 8.16. The van der Waals surface area contributed by atoms with E-state index in [4.69, 9.17) is 5.73 Å². The highest BCUT2D eigenvalue weighted by Gasteiger charge is 2.15. The molecule has 0 saturated heterocycles. The van der Waals surface area contributed by atoms with Crippen LogP contribution < -0.4 is 5.73 Å². The number of hydrogen-bond donors (Lipinski definition) is 1. The zero-order chi connectivity index (χ0) is 12.0. The van der Waals surface area contributed by atoms with E-state index < -0.39 is 0 Å². The summed E-state index contributed by atoms with van der Waals surface area (Å²) in [6.07, 6.45) is 0. The van der Waals surface area contributed by atoms with Crippen molar-refractivity contribution >= 4 is 22.0 Å². The van der Waals surface area contributed by atoms with Gasteiger partial charge < -0.3 is 5.73 Å². The molecule has 0 saturated carbocycles. The van der Waals surface area contributed by atoms with E-state index in [0.717, 1.165) is 0 Å². The van der Waals surface area contributed by atoms with Gasteiger partial charge >= 0.3 is 0 Å². The monoisotopic (exact) mass is 249 g/mol. The highest BCUT2D eigenvalue weighted by Crippen LogP contribution is 2.31. The third-order valence-corrected chi connectivity index (χ3v) is 3.32. The average molecular weight is 249 g/mol. The first kappa shape index (κ1) is 10.2. The molecule has 17 heavy (non-hydrogen) atoms. The first-order valence-corrected chi connectivity index (χ1v) is 5.71. The Kier molecular flexibility index (Phi) is 2.08. The fraction of sp³-hybridized carbons (Fsp3) is 0.100. The summed E-state index contributed by atoms with van der Waals surface area (Å²) < 4.78 is 15.3. The summed E-state index contributed by atoms with van der Waals surface area (Å²) in [5.74, 6) is 0.282. The number of rotatable bonds is 1. The molecule has 7 heteroatoms. The Morgan fingerprint density at radius 3 is 2.88 bits per heavy atom. The molecule has 2 heterocycles. The minimum atomic E-state index is -0.382. The van der Waals surface area contributed by atoms with Crippen LogP contribution in [0.25, 0.3) is 15.5 Å². The van der Waals surface area contributed by atoms with Gasteiger partial charge in [-0.2, -0.15) is 9.61 Å². The number of aromatic nitrogens is 4. The summed E-state index contributed by atoms with van der Waals surface area (Å²) in [7, 11) is 0. The molecule has 0 radical (unpaired) electrons. The van der Waals surface area contributed by atoms with Gasteiger partial charge in [-0.1, -0.05) is 17.4 Å². The molecule has 0 bridgehead atoms. The van der Waals surface area contributed by atoms with Crippen LogP contribution in [0.3, 0.4) is 0 Å². The number of nitrogens with two attached hydrogens (primary N) is 1. The quantitative estimate of drug-likeness (QED) is 0.668. The molecule has 3 aromatic rings. The van der Waals surface area contributed by atoms with Crippen LogP contribution in [-0.4, -0.2) is 19.8 Å². The summed E-state index contributed by atoms with van der Waals surface area (Å²) in [5.41, 5.74) is 6.45. The van der Waals surface area contributed by atoms with Crippen molar-refractivity contribution in [2.24, 2.45) is 0 Å². The average Bonchev–Trinajstić information content (AvgIpc) is 2.82. The lowest BCUT2D eigenvalue weighted by atomic mass is 10.2. The van der Waals surface area contributed by atoms with E-state index in [1.807, 2.05) is 0 Å². The van der Waals surface area contributed by atoms with E-state index >= 15 is 0 Å². The predicted molar refractivity (Wildman–Crippen MR) is 63.2 cm³/mol. The standard InChI is InChI=1S/C10H8FN5S/c1-5-13-14-10-16(5)15-9(17-10)8-6(11)3-2-4-7(8)12/h2-4H,12H2,1H3. The van der Waals surface area contributed by atoms with Crippen molar-refractivity contribution in [1.29, 1.82) is 0 Å². The van der Waals surface area contributed by atoms with Crippen LogP contribution in [0.15, 0.2) is 18.2 Å². The minimum Gasteiger partial charge on any atom is -0.398 e. The third kappa shape index (κ3) is 1.47. The normalized spacial score (nSPS) is 11.2. The smallest absolute Gasteiger partial charge is 0.234 e. The van der Waals surface area contributed by atoms with Crippen LogP contribution in [0.5, 0.6) is 0 Å². The second-order valence-corrected chi connectivity index (χ2v) is 4.51. The van der Waals surface area contributed by atoms with Crippen molar-refractivity contribution in [2.45, 2.75) is 6.92 Å². The number of aryl methyl sites for hydroxylation is 1. The third-order valence-electron chi connectivity index (χ3n) is 2.41. The number of nitrogens with zero attached hydrogens (tertiary/aromatic N) is 4. The van der Waals surface area contributed by atoms with Crippen molar-refractivity contribution in [3.05, 3.63) is 29.8 Å². The van der Waals surface area contributed by atoms with Gasteiger partial charge in [0, 0.05) is 5.69 Å². The number of fused-ring (bicyclic) bond motifs is 1. The second kappa shape index (κ2) is 3.49. The van der Waals surface area contributed by atoms with Crippen molar-refractivity contribution in [2.75, 3.05) is 5.73 Å². The van der Waals surface area contributed by atoms with E-state index in [-0.39, 0.29) is 5.82 Å². The molecule has 0 aliphatic carbocycles. The van der Waals surface area contributed by atoms with Gasteiger partial charge in [-0.05, 0) is 19.1 Å². The van der Waals surface area contributed by atoms with Crippen LogP contribution in [-0.2, 0) is 0 Å². The molecule has 5 nitrogen and oxygen atoms in total. The minimum absolute atomic E-state index is 0.322. The maximum Gasteiger partial charge on any atom is 0.234 e. The van der Waals surface area contributed by atoms with E-state index in [1.54, 1.807) is 23.6 Å². The summed E-state index contributed by atoms with van der Waals surface area (Å²) >= 11 is 1.26. The molecule has 0 amide bonds. The van der Waals surface area contributed by atoms with Crippen molar-refractivity contribution in [3.8, 4) is 10.6 Å². The summed E-state index contributed by atoms with van der Waals surface area (Å²) in [6, 6.07) is 4.58. The molecule has 86 valence electrons. The molecule has 0 spiro atoms. The van der Waals surface area contributed by atoms with Crippen molar-refractivity contribution in [3.63, 3.8) is 0 Å². The van der Waals surface area contributed by atoms with Gasteiger partial charge in [0.1, 0.15) is 5.82 Å². The Balaban J connectivity index is 2.27. The zero-order valence-electron chi connectivity index (χ0n) is 8.88. The summed E-state index contributed by atoms with van der Waals surface area (Å²) in [5, 5.41) is 12.6. The number of anilines is 1. The van der Waals surface area contributed by atoms with Crippen LogP contribution in [0, 0.1) is 12.7 Å². The molecule has 0 aliphatic rings. The highest BCUT2D eigenvalue weighted by molar-refractivity contribution is 7.19. The van der Waals surface area contributed by atoms with Crippen LogP contribution in [0.1, 0.15) is 5.82 Å². The molecular formula is C10H8FN5S. The number of hydrogen-bond acceptors (Lipinski definition) is 5. The lowest BCUT2D eigenvalue weighted by molar-refractivity contribution is 0.631. The lowest BCUT2D eigenvalue weighted by Crippen LogP contribution is -1.94. The maximum atomic E-state index is 13.7. The Hall–Kier alpha value is -2.02. The van der Waals surface area contributed by atoms with Gasteiger partial charge in [0.05, 0.1) is 5.56 Å². The van der Waals surface area contributed by atoms with E-state index in [2.05, 4.69) is 15.3 Å². The van der Waals surface area contributed by atoms with Gasteiger partial charge in [0.15, 0.2) is 10.8 Å². The molecule has 0 aliphatic heterocycles. The summed E-state index contributed by atoms with van der Waals surface area (Å²) in [4.78, 5) is 0.625. The maximum absolute atomic E-state index is 13.7. The first-order valence-electron chi connectivity index (χ1n) is 4.90. The zero-order valence-corrected chi connectivity index (χ0v) is 9.70. The van der Waals surface area contributed by atoms with E-state index in [0.29, 0.717) is 27.0 Å². The van der Waals surface area contributed by atoms with Gasteiger partial charge in [-0.3, -0.25) is 0 Å². The molecule has 0 fully saturated rings. The lowest BCUT2D eigenvalue weighted by Gasteiger charge is -2.01. The fourth-order valence-corrected chi connectivity index (χ4v) is 2.54. The molecule has 3 rings (SSSR count). The number of halogens is 1. The Bertz CT molecular complexity index is 682. The number of nitrogen functional groups attached to an aromatic ring is 1. The Morgan fingerprint density at radius 1 is 1.35 bits per heavy atom. The van der Waals surface area contributed by atoms with Crippen molar-refractivity contribution in [1.82, 2.24) is 19.8 Å². The van der Waals surface area contributed by atoms with E-state index in [9.17, 15) is 4.39 Å². The largest absolute Gasteiger partial charge is 0.398 e. The fourth-order valence-electron chi connectivity index (χ4n) is 1.58. The van der Waals surface area contributed by atoms with Gasteiger partial charge in [0.2, 0.25) is 4.96 Å². The molecule has 2 N–H and O–H groups in total. The highest BCUT2D eigenvalue weighted by atomic mass is 32.1. The van der Waals surface area contributed by atoms with Crippen LogP contribution >= 0.6 is 11.3 Å². The number of benzene rings is 1. The molecule has 1 aromatic carbocycles. The SMILES string of the molecule is Cc1nnc2sc(-c3c(N)cccc3F)nn12. The topological polar surface area (TPSA) is 69.1 Å². The predicted octanol–water partition coefficient (Wildman–Crippen LogP) is 1.88. The van der Waals surface area contributed by atoms with Gasteiger partial charge in [-0.15, -0.1) is 10.2 Å². The van der Waals surface area contributed by atoms with Crippen LogP contribution in [0.2, 0.25) is 0 Å². The van der Waals surface area contributed by atoms with Crippen LogP contribution in [0.4, 0.5) is 10.1 Å². The van der Waals surface area contributed by atoms with Crippen molar-refractivity contribution < 1.29 is 4.39 Å². The molecule has 0 unspecified atom stereocenters. The molecule has 2 aromatic heterocycles. The molecular weight excluding hydrogens is 241 g/mol. The molecule has 0 atom stereocenters. The van der Waals surface area contributed by atoms with Gasteiger partial charge in [0.25, 0.3) is 0 Å². The second-order valence-electron chi connectivity index (χ2n) is 3.55. The summed E-state index contributed by atoms with van der Waals surface area (Å²) in [6.45, 7) is 1.79.